The number of nitrogens with zero attached hydrogens (tertiary/aromatic N) is 1. The first-order valence-electron chi connectivity index (χ1n) is 7.05. The van der Waals surface area contributed by atoms with E-state index in [1.165, 1.54) is 18.4 Å². The topological polar surface area (TPSA) is 36.4 Å². The number of aliphatic imine (C=N–C) groups is 1. The minimum absolute atomic E-state index is 0.819. The van der Waals surface area contributed by atoms with Crippen LogP contribution in [0.3, 0.4) is 0 Å². The zero-order valence-electron chi connectivity index (χ0n) is 11.5. The molecule has 0 aromatic heterocycles. The van der Waals surface area contributed by atoms with Crippen LogP contribution in [0.5, 0.6) is 0 Å². The van der Waals surface area contributed by atoms with Crippen LogP contribution in [0.2, 0.25) is 5.02 Å². The van der Waals surface area contributed by atoms with Gasteiger partial charge in [-0.1, -0.05) is 29.8 Å². The number of rotatable bonds is 6. The van der Waals surface area contributed by atoms with E-state index in [2.05, 4.69) is 28.6 Å². The second-order valence-electron chi connectivity index (χ2n) is 4.93. The van der Waals surface area contributed by atoms with Gasteiger partial charge in [-0.15, -0.1) is 0 Å². The smallest absolute Gasteiger partial charge is 0.191 e. The molecule has 0 unspecified atom stereocenters. The molecule has 1 saturated carbocycles. The lowest BCUT2D eigenvalue weighted by molar-refractivity contribution is 0.777. The summed E-state index contributed by atoms with van der Waals surface area (Å²) in [4.78, 5) is 4.59. The van der Waals surface area contributed by atoms with E-state index in [4.69, 9.17) is 11.6 Å². The highest BCUT2D eigenvalue weighted by molar-refractivity contribution is 6.31. The molecule has 1 aromatic rings. The summed E-state index contributed by atoms with van der Waals surface area (Å²) in [6, 6.07) is 7.98. The average Bonchev–Trinajstić information content (AvgIpc) is 3.22. The molecular formula is C15H22ClN3. The maximum atomic E-state index is 6.14. The average molecular weight is 280 g/mol. The first-order chi connectivity index (χ1) is 9.29. The Labute approximate surface area is 120 Å². The van der Waals surface area contributed by atoms with E-state index in [1.54, 1.807) is 0 Å². The molecule has 1 aliphatic carbocycles. The molecule has 0 bridgehead atoms. The molecule has 0 amide bonds. The van der Waals surface area contributed by atoms with Crippen molar-refractivity contribution in [2.45, 2.75) is 26.2 Å². The van der Waals surface area contributed by atoms with E-state index in [1.807, 2.05) is 18.2 Å². The highest BCUT2D eigenvalue weighted by atomic mass is 35.5. The fourth-order valence-corrected chi connectivity index (χ4v) is 2.11. The first kappa shape index (κ1) is 14.2. The predicted molar refractivity (Wildman–Crippen MR) is 81.9 cm³/mol. The molecule has 1 aliphatic rings. The minimum Gasteiger partial charge on any atom is -0.357 e. The van der Waals surface area contributed by atoms with Gasteiger partial charge in [0.15, 0.2) is 5.96 Å². The largest absolute Gasteiger partial charge is 0.357 e. The van der Waals surface area contributed by atoms with Crippen molar-refractivity contribution in [1.29, 1.82) is 0 Å². The summed E-state index contributed by atoms with van der Waals surface area (Å²) in [5.74, 6) is 1.74. The van der Waals surface area contributed by atoms with Crippen molar-refractivity contribution in [2.75, 3.05) is 19.6 Å². The number of nitrogens with one attached hydrogen (secondary N) is 2. The third-order valence-electron chi connectivity index (χ3n) is 3.19. The predicted octanol–water partition coefficient (Wildman–Crippen LogP) is 2.85. The Bertz CT molecular complexity index is 427. The lowest BCUT2D eigenvalue weighted by atomic mass is 10.1. The van der Waals surface area contributed by atoms with Gasteiger partial charge in [0, 0.05) is 24.7 Å². The van der Waals surface area contributed by atoms with Gasteiger partial charge in [-0.25, -0.2) is 0 Å². The summed E-state index contributed by atoms with van der Waals surface area (Å²) in [6.45, 7) is 4.77. The van der Waals surface area contributed by atoms with Crippen molar-refractivity contribution >= 4 is 17.6 Å². The zero-order valence-corrected chi connectivity index (χ0v) is 12.2. The standard InChI is InChI=1S/C15H22ClN3/c1-2-17-15(19-11-12-7-8-12)18-10-9-13-5-3-4-6-14(13)16/h3-6,12H,2,7-11H2,1H3,(H2,17,18,19). The van der Waals surface area contributed by atoms with E-state index in [0.717, 1.165) is 43.0 Å². The molecule has 1 aromatic carbocycles. The molecular weight excluding hydrogens is 258 g/mol. The molecule has 0 atom stereocenters. The molecule has 1 fully saturated rings. The molecule has 0 radical (unpaired) electrons. The summed E-state index contributed by atoms with van der Waals surface area (Å²) >= 11 is 6.14. The molecule has 104 valence electrons. The fraction of sp³-hybridized carbons (Fsp3) is 0.533. The van der Waals surface area contributed by atoms with Crippen LogP contribution < -0.4 is 10.6 Å². The number of guanidine groups is 1. The highest BCUT2D eigenvalue weighted by Crippen LogP contribution is 2.28. The monoisotopic (exact) mass is 279 g/mol. The Morgan fingerprint density at radius 3 is 2.79 bits per heavy atom. The van der Waals surface area contributed by atoms with Gasteiger partial charge in [-0.2, -0.15) is 0 Å². The summed E-state index contributed by atoms with van der Waals surface area (Å²) in [5.41, 5.74) is 1.18. The molecule has 3 nitrogen and oxygen atoms in total. The van der Waals surface area contributed by atoms with Gasteiger partial charge in [-0.3, -0.25) is 4.99 Å². The lowest BCUT2D eigenvalue weighted by Crippen LogP contribution is -2.38. The van der Waals surface area contributed by atoms with Gasteiger partial charge in [0.05, 0.1) is 0 Å². The SMILES string of the molecule is CCNC(=NCC1CC1)NCCc1ccccc1Cl. The number of hydrogen-bond donors (Lipinski definition) is 2. The minimum atomic E-state index is 0.819. The van der Waals surface area contributed by atoms with Gasteiger partial charge in [0.2, 0.25) is 0 Å². The Balaban J connectivity index is 1.78. The highest BCUT2D eigenvalue weighted by Gasteiger charge is 2.20. The van der Waals surface area contributed by atoms with E-state index in [-0.39, 0.29) is 0 Å². The Morgan fingerprint density at radius 2 is 2.11 bits per heavy atom. The molecule has 2 N–H and O–H groups in total. The summed E-state index contributed by atoms with van der Waals surface area (Å²) < 4.78 is 0. The van der Waals surface area contributed by atoms with Crippen LogP contribution in [-0.4, -0.2) is 25.6 Å². The zero-order chi connectivity index (χ0) is 13.5. The fourth-order valence-electron chi connectivity index (χ4n) is 1.88. The van der Waals surface area contributed by atoms with E-state index < -0.39 is 0 Å². The van der Waals surface area contributed by atoms with Crippen molar-refractivity contribution in [3.05, 3.63) is 34.9 Å². The van der Waals surface area contributed by atoms with Crippen LogP contribution in [0.15, 0.2) is 29.3 Å². The Morgan fingerprint density at radius 1 is 1.32 bits per heavy atom. The quantitative estimate of drug-likeness (QED) is 0.621. The maximum absolute atomic E-state index is 6.14. The summed E-state index contributed by atoms with van der Waals surface area (Å²) in [6.07, 6.45) is 3.58. The summed E-state index contributed by atoms with van der Waals surface area (Å²) in [5, 5.41) is 7.47. The third-order valence-corrected chi connectivity index (χ3v) is 3.56. The van der Waals surface area contributed by atoms with Crippen LogP contribution in [-0.2, 0) is 6.42 Å². The summed E-state index contributed by atoms with van der Waals surface area (Å²) in [7, 11) is 0. The van der Waals surface area contributed by atoms with Gasteiger partial charge in [0.1, 0.15) is 0 Å². The maximum Gasteiger partial charge on any atom is 0.191 e. The van der Waals surface area contributed by atoms with Gasteiger partial charge >= 0.3 is 0 Å². The van der Waals surface area contributed by atoms with Gasteiger partial charge in [-0.05, 0) is 43.7 Å². The Kier molecular flexibility index (Phi) is 5.52. The van der Waals surface area contributed by atoms with E-state index in [0.29, 0.717) is 0 Å². The van der Waals surface area contributed by atoms with Crippen LogP contribution in [0.1, 0.15) is 25.3 Å². The Hall–Kier alpha value is -1.22. The molecule has 0 heterocycles. The van der Waals surface area contributed by atoms with Crippen LogP contribution >= 0.6 is 11.6 Å². The number of halogens is 1. The molecule has 0 aliphatic heterocycles. The molecule has 4 heteroatoms. The van der Waals surface area contributed by atoms with Crippen LogP contribution in [0.25, 0.3) is 0 Å². The molecule has 0 spiro atoms. The normalized spacial score (nSPS) is 15.4. The number of benzene rings is 1. The molecule has 2 rings (SSSR count). The van der Waals surface area contributed by atoms with Crippen LogP contribution in [0, 0.1) is 5.92 Å². The van der Waals surface area contributed by atoms with E-state index in [9.17, 15) is 0 Å². The van der Waals surface area contributed by atoms with E-state index >= 15 is 0 Å². The second-order valence-corrected chi connectivity index (χ2v) is 5.34. The van der Waals surface area contributed by atoms with Gasteiger partial charge in [0.25, 0.3) is 0 Å². The molecule has 0 saturated heterocycles. The van der Waals surface area contributed by atoms with Crippen molar-refractivity contribution < 1.29 is 0 Å². The number of hydrogen-bond acceptors (Lipinski definition) is 1. The van der Waals surface area contributed by atoms with Crippen molar-refractivity contribution in [1.82, 2.24) is 10.6 Å². The van der Waals surface area contributed by atoms with Crippen molar-refractivity contribution in [3.8, 4) is 0 Å². The van der Waals surface area contributed by atoms with Crippen LogP contribution in [0.4, 0.5) is 0 Å². The lowest BCUT2D eigenvalue weighted by Gasteiger charge is -2.11. The van der Waals surface area contributed by atoms with Crippen molar-refractivity contribution in [3.63, 3.8) is 0 Å². The third kappa shape index (κ3) is 5.11. The first-order valence-corrected chi connectivity index (χ1v) is 7.43. The van der Waals surface area contributed by atoms with Gasteiger partial charge < -0.3 is 10.6 Å². The second kappa shape index (κ2) is 7.39. The molecule has 19 heavy (non-hydrogen) atoms. The van der Waals surface area contributed by atoms with Crippen molar-refractivity contribution in [2.24, 2.45) is 10.9 Å².